The van der Waals surface area contributed by atoms with Gasteiger partial charge in [0.05, 0.1) is 32.0 Å². The lowest BCUT2D eigenvalue weighted by Gasteiger charge is -2.40. The number of carbonyl (C=O) groups is 2. The molecular weight excluding hydrogens is 1000 g/mol. The summed E-state index contributed by atoms with van der Waals surface area (Å²) >= 11 is 0. The van der Waals surface area contributed by atoms with E-state index in [4.69, 9.17) is 14.2 Å². The molecule has 1 fully saturated rings. The van der Waals surface area contributed by atoms with E-state index in [1.54, 1.807) is 6.08 Å². The summed E-state index contributed by atoms with van der Waals surface area (Å²) in [4.78, 5) is 25.1. The van der Waals surface area contributed by atoms with Crippen molar-refractivity contribution in [3.05, 3.63) is 72.9 Å². The number of ether oxygens (including phenoxy) is 3. The minimum atomic E-state index is -1.58. The van der Waals surface area contributed by atoms with Gasteiger partial charge in [-0.15, -0.1) is 0 Å². The SMILES string of the molecule is C/C=C/CC/C=C/CC/C=C/C(O)C(COC1OC(CO)C(O)C(O)C1O)NC(=O)CCCCCCCCCC/C=C\CCCCCCCCCCCCCCOC(=O)CCCCCCCCCCC/C=C\C/C=C\CCCCC. The monoisotopic (exact) mass is 1130 g/mol. The predicted molar refractivity (Wildman–Crippen MR) is 333 cm³/mol. The Morgan fingerprint density at radius 2 is 0.900 bits per heavy atom. The van der Waals surface area contributed by atoms with Crippen molar-refractivity contribution in [1.82, 2.24) is 5.32 Å². The lowest BCUT2D eigenvalue weighted by atomic mass is 9.99. The van der Waals surface area contributed by atoms with E-state index in [0.717, 1.165) is 83.5 Å². The first kappa shape index (κ1) is 75.1. The fraction of sp³-hybridized carbons (Fsp3) is 0.797. The second-order valence-electron chi connectivity index (χ2n) is 22.8. The first-order valence-corrected chi connectivity index (χ1v) is 33.2. The molecule has 0 saturated carbocycles. The average molecular weight is 1130 g/mol. The molecule has 0 aromatic carbocycles. The molecule has 80 heavy (non-hydrogen) atoms. The fourth-order valence-electron chi connectivity index (χ4n) is 10.1. The van der Waals surface area contributed by atoms with Crippen LogP contribution in [0.25, 0.3) is 0 Å². The van der Waals surface area contributed by atoms with E-state index in [9.17, 15) is 35.1 Å². The molecule has 0 aromatic rings. The molecule has 1 aliphatic heterocycles. The number of amides is 1. The Morgan fingerprint density at radius 3 is 1.39 bits per heavy atom. The summed E-state index contributed by atoms with van der Waals surface area (Å²) in [6.07, 6.45) is 67.7. The number of esters is 1. The number of aliphatic hydroxyl groups excluding tert-OH is 5. The molecular formula is C69H123NO10. The van der Waals surface area contributed by atoms with Crippen molar-refractivity contribution in [1.29, 1.82) is 0 Å². The maximum atomic E-state index is 13.0. The molecule has 1 saturated heterocycles. The second-order valence-corrected chi connectivity index (χ2v) is 22.8. The van der Waals surface area contributed by atoms with Gasteiger partial charge in [0.15, 0.2) is 6.29 Å². The predicted octanol–water partition coefficient (Wildman–Crippen LogP) is 16.3. The van der Waals surface area contributed by atoms with Crippen LogP contribution in [0.15, 0.2) is 72.9 Å². The van der Waals surface area contributed by atoms with Crippen LogP contribution in [0.3, 0.4) is 0 Å². The topological polar surface area (TPSA) is 175 Å². The highest BCUT2D eigenvalue weighted by Crippen LogP contribution is 2.23. The Morgan fingerprint density at radius 1 is 0.487 bits per heavy atom. The first-order valence-electron chi connectivity index (χ1n) is 33.2. The molecule has 1 rings (SSSR count). The van der Waals surface area contributed by atoms with Crippen LogP contribution in [-0.2, 0) is 23.8 Å². The standard InChI is InChI=1S/C69H123NO10/c1-3-5-7-9-11-13-14-15-16-17-24-28-31-34-37-41-45-49-53-57-65(74)78-58-54-50-46-42-38-35-32-29-26-23-21-19-18-20-22-25-27-30-33-36-40-44-48-52-56-64(73)70-61(62(72)55-51-47-43-39-12-10-8-6-4-2)60-79-69-68(77)67(76)66(75)63(59-71)80-69/h4,6,11-13,15-16,20,22,39,51,55,61-63,66-69,71-72,75-77H,3,5,7-10,14,17-19,21,23-38,40-50,52-54,56-60H2,1-2H3,(H,70,73)/b6-4+,13-11-,16-15-,22-20-,39-12+,55-51+. The number of hydrogen-bond acceptors (Lipinski definition) is 10. The van der Waals surface area contributed by atoms with Gasteiger partial charge in [-0.3, -0.25) is 9.59 Å². The Balaban J connectivity index is 1.95. The molecule has 7 unspecified atom stereocenters. The van der Waals surface area contributed by atoms with Crippen molar-refractivity contribution in [2.24, 2.45) is 0 Å². The highest BCUT2D eigenvalue weighted by atomic mass is 16.7. The van der Waals surface area contributed by atoms with Crippen molar-refractivity contribution in [2.75, 3.05) is 19.8 Å². The smallest absolute Gasteiger partial charge is 0.305 e. The van der Waals surface area contributed by atoms with Crippen LogP contribution in [0, 0.1) is 0 Å². The number of aliphatic hydroxyl groups is 5. The molecule has 0 bridgehead atoms. The molecule has 11 heteroatoms. The number of carbonyl (C=O) groups excluding carboxylic acids is 2. The van der Waals surface area contributed by atoms with Crippen LogP contribution in [0.1, 0.15) is 290 Å². The van der Waals surface area contributed by atoms with Crippen molar-refractivity contribution < 1.29 is 49.3 Å². The molecule has 11 nitrogen and oxygen atoms in total. The quantitative estimate of drug-likeness (QED) is 0.0195. The van der Waals surface area contributed by atoms with E-state index >= 15 is 0 Å². The molecule has 7 atom stereocenters. The molecule has 1 heterocycles. The maximum Gasteiger partial charge on any atom is 0.305 e. The van der Waals surface area contributed by atoms with E-state index in [0.29, 0.717) is 19.4 Å². The molecule has 0 aliphatic carbocycles. The van der Waals surface area contributed by atoms with Gasteiger partial charge in [-0.1, -0.05) is 240 Å². The zero-order chi connectivity index (χ0) is 58.0. The minimum absolute atomic E-state index is 0.00385. The molecule has 6 N–H and O–H groups in total. The molecule has 464 valence electrons. The largest absolute Gasteiger partial charge is 0.466 e. The highest BCUT2D eigenvalue weighted by molar-refractivity contribution is 5.76. The zero-order valence-electron chi connectivity index (χ0n) is 51.3. The van der Waals surface area contributed by atoms with E-state index in [-0.39, 0.29) is 18.5 Å². The third kappa shape index (κ3) is 46.6. The Hall–Kier alpha value is -2.90. The highest BCUT2D eigenvalue weighted by Gasteiger charge is 2.44. The van der Waals surface area contributed by atoms with Gasteiger partial charge < -0.3 is 45.1 Å². The Kier molecular flexibility index (Phi) is 54.4. The van der Waals surface area contributed by atoms with Crippen molar-refractivity contribution in [3.8, 4) is 0 Å². The average Bonchev–Trinajstić information content (AvgIpc) is 3.45. The van der Waals surface area contributed by atoms with E-state index in [1.165, 1.54) is 180 Å². The van der Waals surface area contributed by atoms with Crippen molar-refractivity contribution >= 4 is 11.9 Å². The molecule has 1 amide bonds. The third-order valence-electron chi connectivity index (χ3n) is 15.3. The van der Waals surface area contributed by atoms with Gasteiger partial charge in [0.25, 0.3) is 0 Å². The summed E-state index contributed by atoms with van der Waals surface area (Å²) in [6, 6.07) is -0.838. The molecule has 0 radical (unpaired) electrons. The summed E-state index contributed by atoms with van der Waals surface area (Å²) < 4.78 is 16.7. The minimum Gasteiger partial charge on any atom is -0.466 e. The zero-order valence-corrected chi connectivity index (χ0v) is 51.3. The van der Waals surface area contributed by atoms with Crippen LogP contribution in [0.5, 0.6) is 0 Å². The lowest BCUT2D eigenvalue weighted by molar-refractivity contribution is -0.302. The number of hydrogen-bond donors (Lipinski definition) is 6. The van der Waals surface area contributed by atoms with E-state index in [2.05, 4.69) is 66.9 Å². The van der Waals surface area contributed by atoms with Gasteiger partial charge in [0.2, 0.25) is 5.91 Å². The number of unbranched alkanes of at least 4 members (excludes halogenated alkanes) is 34. The summed E-state index contributed by atoms with van der Waals surface area (Å²) in [5, 5.41) is 54.2. The van der Waals surface area contributed by atoms with Crippen LogP contribution >= 0.6 is 0 Å². The van der Waals surface area contributed by atoms with Gasteiger partial charge in [0, 0.05) is 12.8 Å². The third-order valence-corrected chi connectivity index (χ3v) is 15.3. The van der Waals surface area contributed by atoms with E-state index in [1.807, 2.05) is 19.1 Å². The molecule has 1 aliphatic rings. The van der Waals surface area contributed by atoms with E-state index < -0.39 is 49.5 Å². The fourth-order valence-corrected chi connectivity index (χ4v) is 10.1. The number of nitrogens with one attached hydrogen (secondary N) is 1. The van der Waals surface area contributed by atoms with Gasteiger partial charge in [0.1, 0.15) is 24.4 Å². The number of rotatable bonds is 57. The van der Waals surface area contributed by atoms with Gasteiger partial charge in [-0.25, -0.2) is 0 Å². The van der Waals surface area contributed by atoms with Crippen LogP contribution in [0.4, 0.5) is 0 Å². The number of allylic oxidation sites excluding steroid dienone is 11. The van der Waals surface area contributed by atoms with Crippen molar-refractivity contribution in [3.63, 3.8) is 0 Å². The second kappa shape index (κ2) is 57.9. The summed E-state index contributed by atoms with van der Waals surface area (Å²) in [6.45, 7) is 4.06. The van der Waals surface area contributed by atoms with Crippen LogP contribution in [0.2, 0.25) is 0 Å². The summed E-state index contributed by atoms with van der Waals surface area (Å²) in [5.74, 6) is -0.209. The first-order chi connectivity index (χ1) is 39.2. The Bertz CT molecular complexity index is 1560. The van der Waals surface area contributed by atoms with Crippen LogP contribution < -0.4 is 5.32 Å². The normalized spacial score (nSPS) is 18.8. The van der Waals surface area contributed by atoms with Gasteiger partial charge in [-0.05, 0) is 110 Å². The summed E-state index contributed by atoms with van der Waals surface area (Å²) in [7, 11) is 0. The van der Waals surface area contributed by atoms with Crippen molar-refractivity contribution in [2.45, 2.75) is 333 Å². The van der Waals surface area contributed by atoms with Gasteiger partial charge >= 0.3 is 5.97 Å². The van der Waals surface area contributed by atoms with Crippen LogP contribution in [-0.4, -0.2) is 100 Å². The van der Waals surface area contributed by atoms with Gasteiger partial charge in [-0.2, -0.15) is 0 Å². The maximum absolute atomic E-state index is 13.0. The summed E-state index contributed by atoms with van der Waals surface area (Å²) in [5.41, 5.74) is 0. The molecule has 0 spiro atoms. The molecule has 0 aromatic heterocycles. The Labute approximate surface area is 490 Å². The lowest BCUT2D eigenvalue weighted by Crippen LogP contribution is -2.60.